The number of carboxylic acid groups (broad SMARTS) is 1. The predicted molar refractivity (Wildman–Crippen MR) is 138 cm³/mol. The Kier molecular flexibility index (Phi) is 13.5. The van der Waals surface area contributed by atoms with E-state index in [1.54, 1.807) is 20.8 Å². The summed E-state index contributed by atoms with van der Waals surface area (Å²) < 4.78 is 5.32. The summed E-state index contributed by atoms with van der Waals surface area (Å²) in [6.07, 6.45) is -1.26. The number of amides is 3. The van der Waals surface area contributed by atoms with Crippen molar-refractivity contribution in [3.05, 3.63) is 0 Å². The lowest BCUT2D eigenvalue weighted by Crippen LogP contribution is -2.58. The van der Waals surface area contributed by atoms with Crippen LogP contribution < -0.4 is 16.0 Å². The summed E-state index contributed by atoms with van der Waals surface area (Å²) in [6.45, 7) is 18.5. The number of aliphatic carboxylic acids is 1. The number of hydrogen-bond acceptors (Lipinski definition) is 6. The highest BCUT2D eigenvalue weighted by atomic mass is 16.6. The van der Waals surface area contributed by atoms with Crippen molar-refractivity contribution in [2.24, 2.45) is 17.3 Å². The predicted octanol–water partition coefficient (Wildman–Crippen LogP) is 3.21. The summed E-state index contributed by atoms with van der Waals surface area (Å²) in [5.74, 6) is -2.38. The third kappa shape index (κ3) is 14.3. The molecule has 5 N–H and O–H groups in total. The van der Waals surface area contributed by atoms with Crippen LogP contribution in [0.4, 0.5) is 4.79 Å². The van der Waals surface area contributed by atoms with Crippen molar-refractivity contribution in [1.29, 1.82) is 0 Å². The van der Waals surface area contributed by atoms with E-state index in [1.807, 2.05) is 48.5 Å². The normalized spacial score (nSPS) is 16.3. The van der Waals surface area contributed by atoms with Crippen LogP contribution >= 0.6 is 0 Å². The van der Waals surface area contributed by atoms with Crippen molar-refractivity contribution in [1.82, 2.24) is 16.0 Å². The largest absolute Gasteiger partial charge is 0.481 e. The van der Waals surface area contributed by atoms with Crippen LogP contribution in [0.15, 0.2) is 0 Å². The maximum absolute atomic E-state index is 13.3. The van der Waals surface area contributed by atoms with Gasteiger partial charge in [0.25, 0.3) is 0 Å². The standard InChI is InChI=1S/C26H49N3O7/c1-11-16(4)21(23(34)27-17(12-15(2)3)19(30)13-20(31)32)29-22(33)18(14-25(5,6)7)28-24(35)36-26(8,9)10/h15-19,21,30H,11-14H2,1-10H3,(H,27,34)(H,28,35)(H,29,33)(H,31,32)/t16?,17-,18-,19?,21-/m0/s1. The SMILES string of the molecule is CCC(C)[C@H](NC(=O)[C@H](CC(C)(C)C)NC(=O)OC(C)(C)C)C(=O)N[C@@H](CC(C)C)C(O)CC(=O)O. The number of ether oxygens (including phenoxy) is 1. The fourth-order valence-corrected chi connectivity index (χ4v) is 3.64. The molecule has 0 radical (unpaired) electrons. The van der Waals surface area contributed by atoms with E-state index in [1.165, 1.54) is 0 Å². The van der Waals surface area contributed by atoms with Gasteiger partial charge in [0.15, 0.2) is 0 Å². The fraction of sp³-hybridized carbons (Fsp3) is 0.846. The number of hydrogen-bond donors (Lipinski definition) is 5. The number of aliphatic hydroxyl groups excluding tert-OH is 1. The first kappa shape index (κ1) is 33.6. The van der Waals surface area contributed by atoms with Crippen LogP contribution in [0.25, 0.3) is 0 Å². The van der Waals surface area contributed by atoms with Gasteiger partial charge in [0.1, 0.15) is 17.7 Å². The molecule has 10 heteroatoms. The molecule has 3 amide bonds. The van der Waals surface area contributed by atoms with Crippen LogP contribution in [0.5, 0.6) is 0 Å². The van der Waals surface area contributed by atoms with Crippen LogP contribution in [-0.2, 0) is 19.1 Å². The smallest absolute Gasteiger partial charge is 0.408 e. The summed E-state index contributed by atoms with van der Waals surface area (Å²) in [5.41, 5.74) is -1.05. The third-order valence-corrected chi connectivity index (χ3v) is 5.52. The van der Waals surface area contributed by atoms with E-state index < -0.39 is 60.1 Å². The van der Waals surface area contributed by atoms with Gasteiger partial charge in [0.2, 0.25) is 11.8 Å². The Morgan fingerprint density at radius 1 is 0.889 bits per heavy atom. The molecule has 0 bridgehead atoms. The minimum Gasteiger partial charge on any atom is -0.481 e. The highest BCUT2D eigenvalue weighted by Gasteiger charge is 2.34. The number of nitrogens with one attached hydrogen (secondary N) is 3. The van der Waals surface area contributed by atoms with Gasteiger partial charge in [0.05, 0.1) is 18.6 Å². The molecule has 0 fully saturated rings. The lowest BCUT2D eigenvalue weighted by atomic mass is 9.87. The van der Waals surface area contributed by atoms with Crippen LogP contribution in [-0.4, -0.2) is 63.9 Å². The molecule has 0 spiro atoms. The van der Waals surface area contributed by atoms with Gasteiger partial charge in [-0.1, -0.05) is 54.9 Å². The highest BCUT2D eigenvalue weighted by molar-refractivity contribution is 5.91. The molecular formula is C26H49N3O7. The lowest BCUT2D eigenvalue weighted by Gasteiger charge is -2.32. The minimum absolute atomic E-state index is 0.0876. The second kappa shape index (κ2) is 14.4. The van der Waals surface area contributed by atoms with Gasteiger partial charge in [0, 0.05) is 0 Å². The quantitative estimate of drug-likeness (QED) is 0.252. The van der Waals surface area contributed by atoms with Crippen LogP contribution in [0.3, 0.4) is 0 Å². The Labute approximate surface area is 216 Å². The van der Waals surface area contributed by atoms with Crippen LogP contribution in [0.2, 0.25) is 0 Å². The fourth-order valence-electron chi connectivity index (χ4n) is 3.64. The zero-order valence-corrected chi connectivity index (χ0v) is 23.7. The topological polar surface area (TPSA) is 154 Å². The molecule has 0 aliphatic carbocycles. The molecule has 0 aromatic rings. The molecule has 0 aromatic carbocycles. The van der Waals surface area contributed by atoms with Gasteiger partial charge in [-0.2, -0.15) is 0 Å². The number of rotatable bonds is 13. The molecule has 0 saturated carbocycles. The number of carbonyl (C=O) groups is 4. The van der Waals surface area contributed by atoms with Crippen LogP contribution in [0, 0.1) is 17.3 Å². The van der Waals surface area contributed by atoms with Crippen molar-refractivity contribution < 1.29 is 34.1 Å². The molecule has 0 rings (SSSR count). The molecule has 0 aromatic heterocycles. The second-order valence-corrected chi connectivity index (χ2v) is 12.2. The molecule has 10 nitrogen and oxygen atoms in total. The van der Waals surface area contributed by atoms with Gasteiger partial charge in [-0.25, -0.2) is 4.79 Å². The van der Waals surface area contributed by atoms with E-state index in [2.05, 4.69) is 16.0 Å². The van der Waals surface area contributed by atoms with Crippen molar-refractivity contribution in [3.63, 3.8) is 0 Å². The van der Waals surface area contributed by atoms with E-state index in [0.717, 1.165) is 0 Å². The number of aliphatic hydroxyl groups is 1. The Balaban J connectivity index is 5.80. The van der Waals surface area contributed by atoms with E-state index in [4.69, 9.17) is 9.84 Å². The molecule has 36 heavy (non-hydrogen) atoms. The van der Waals surface area contributed by atoms with Gasteiger partial charge in [-0.3, -0.25) is 14.4 Å². The molecular weight excluding hydrogens is 466 g/mol. The highest BCUT2D eigenvalue weighted by Crippen LogP contribution is 2.22. The molecule has 0 aliphatic rings. The first-order chi connectivity index (χ1) is 16.3. The third-order valence-electron chi connectivity index (χ3n) is 5.52. The Hall–Kier alpha value is -2.36. The van der Waals surface area contributed by atoms with Gasteiger partial charge < -0.3 is 30.9 Å². The van der Waals surface area contributed by atoms with E-state index in [-0.39, 0.29) is 17.3 Å². The van der Waals surface area contributed by atoms with Crippen LogP contribution in [0.1, 0.15) is 94.9 Å². The summed E-state index contributed by atoms with van der Waals surface area (Å²) in [4.78, 5) is 50.1. The Morgan fingerprint density at radius 2 is 1.44 bits per heavy atom. The molecule has 0 saturated heterocycles. The summed E-state index contributed by atoms with van der Waals surface area (Å²) >= 11 is 0. The summed E-state index contributed by atoms with van der Waals surface area (Å²) in [6, 6.07) is -2.68. The summed E-state index contributed by atoms with van der Waals surface area (Å²) in [5, 5.41) is 27.6. The molecule has 210 valence electrons. The first-order valence-electron chi connectivity index (χ1n) is 12.8. The van der Waals surface area contributed by atoms with Crippen molar-refractivity contribution in [2.45, 2.75) is 125 Å². The van der Waals surface area contributed by atoms with E-state index in [0.29, 0.717) is 19.3 Å². The zero-order valence-electron chi connectivity index (χ0n) is 23.7. The lowest BCUT2D eigenvalue weighted by molar-refractivity contribution is -0.140. The second-order valence-electron chi connectivity index (χ2n) is 12.2. The van der Waals surface area contributed by atoms with Crippen molar-refractivity contribution in [2.75, 3.05) is 0 Å². The van der Waals surface area contributed by atoms with Gasteiger partial charge in [-0.15, -0.1) is 0 Å². The summed E-state index contributed by atoms with van der Waals surface area (Å²) in [7, 11) is 0. The molecule has 0 aliphatic heterocycles. The number of alkyl carbamates (subject to hydrolysis) is 1. The average molecular weight is 516 g/mol. The van der Waals surface area contributed by atoms with E-state index >= 15 is 0 Å². The maximum atomic E-state index is 13.3. The monoisotopic (exact) mass is 515 g/mol. The Morgan fingerprint density at radius 3 is 1.86 bits per heavy atom. The van der Waals surface area contributed by atoms with E-state index in [9.17, 15) is 24.3 Å². The number of carboxylic acids is 1. The molecule has 2 unspecified atom stereocenters. The first-order valence-corrected chi connectivity index (χ1v) is 12.8. The maximum Gasteiger partial charge on any atom is 0.408 e. The van der Waals surface area contributed by atoms with Gasteiger partial charge >= 0.3 is 12.1 Å². The minimum atomic E-state index is -1.27. The van der Waals surface area contributed by atoms with Crippen molar-refractivity contribution >= 4 is 23.9 Å². The average Bonchev–Trinajstić information content (AvgIpc) is 2.66. The Bertz CT molecular complexity index is 741. The van der Waals surface area contributed by atoms with Crippen molar-refractivity contribution in [3.8, 4) is 0 Å². The van der Waals surface area contributed by atoms with Gasteiger partial charge in [-0.05, 0) is 50.9 Å². The number of carbonyl (C=O) groups excluding carboxylic acids is 3. The zero-order chi connectivity index (χ0) is 28.4. The molecule has 0 heterocycles. The molecule has 5 atom stereocenters.